The summed E-state index contributed by atoms with van der Waals surface area (Å²) in [6, 6.07) is 8.97. The second-order valence-corrected chi connectivity index (χ2v) is 7.12. The van der Waals surface area contributed by atoms with E-state index in [9.17, 15) is 8.42 Å². The Balaban J connectivity index is 2.04. The molecule has 0 spiro atoms. The highest BCUT2D eigenvalue weighted by Crippen LogP contribution is 2.18. The van der Waals surface area contributed by atoms with E-state index in [-0.39, 0.29) is 5.75 Å². The van der Waals surface area contributed by atoms with Gasteiger partial charge in [-0.15, -0.1) is 0 Å². The summed E-state index contributed by atoms with van der Waals surface area (Å²) in [7, 11) is -3.25. The molecule has 1 aromatic rings. The largest absolute Gasteiger partial charge is 0.323 e. The number of benzene rings is 1. The van der Waals surface area contributed by atoms with Crippen molar-refractivity contribution in [3.8, 4) is 0 Å². The van der Waals surface area contributed by atoms with Crippen LogP contribution in [0.25, 0.3) is 0 Å². The zero-order valence-electron chi connectivity index (χ0n) is 11.2. The molecule has 4 nitrogen and oxygen atoms in total. The van der Waals surface area contributed by atoms with Gasteiger partial charge in [0.05, 0.1) is 5.75 Å². The van der Waals surface area contributed by atoms with E-state index in [0.717, 1.165) is 31.2 Å². The molecule has 1 saturated heterocycles. The smallest absolute Gasteiger partial charge is 0.215 e. The third-order valence-electron chi connectivity index (χ3n) is 3.58. The molecule has 0 bridgehead atoms. The first kappa shape index (κ1) is 14.5. The first-order valence-corrected chi connectivity index (χ1v) is 8.49. The summed E-state index contributed by atoms with van der Waals surface area (Å²) in [5, 5.41) is 0. The van der Waals surface area contributed by atoms with E-state index in [1.165, 1.54) is 0 Å². The van der Waals surface area contributed by atoms with Crippen LogP contribution in [0.4, 0.5) is 0 Å². The van der Waals surface area contributed by atoms with Crippen LogP contribution >= 0.6 is 0 Å². The Kier molecular flexibility index (Phi) is 4.96. The van der Waals surface area contributed by atoms with Crippen molar-refractivity contribution in [2.75, 3.05) is 18.8 Å². The van der Waals surface area contributed by atoms with Crippen LogP contribution in [0.15, 0.2) is 30.3 Å². The molecular formula is C14H22N2O2S. The summed E-state index contributed by atoms with van der Waals surface area (Å²) in [5.41, 5.74) is 6.90. The molecule has 106 valence electrons. The van der Waals surface area contributed by atoms with E-state index in [0.29, 0.717) is 13.1 Å². The summed E-state index contributed by atoms with van der Waals surface area (Å²) in [6.07, 6.45) is 4.16. The Labute approximate surface area is 115 Å². The minimum Gasteiger partial charge on any atom is -0.323 e. The number of rotatable bonds is 4. The second-order valence-electron chi connectivity index (χ2n) is 5.11. The highest BCUT2D eigenvalue weighted by molar-refractivity contribution is 7.89. The van der Waals surface area contributed by atoms with Gasteiger partial charge in [-0.3, -0.25) is 0 Å². The lowest BCUT2D eigenvalue weighted by Crippen LogP contribution is -2.37. The lowest BCUT2D eigenvalue weighted by molar-refractivity contribution is 0.421. The van der Waals surface area contributed by atoms with Crippen molar-refractivity contribution in [2.24, 2.45) is 5.73 Å². The molecule has 1 heterocycles. The molecule has 5 heteroatoms. The Hall–Kier alpha value is -0.910. The van der Waals surface area contributed by atoms with E-state index < -0.39 is 16.1 Å². The molecule has 1 atom stereocenters. The number of hydrogen-bond acceptors (Lipinski definition) is 3. The summed E-state index contributed by atoms with van der Waals surface area (Å²) in [4.78, 5) is 0. The Morgan fingerprint density at radius 2 is 1.63 bits per heavy atom. The Morgan fingerprint density at radius 1 is 1.05 bits per heavy atom. The number of sulfonamides is 1. The molecule has 0 saturated carbocycles. The number of nitrogens with two attached hydrogens (primary N) is 1. The van der Waals surface area contributed by atoms with Gasteiger partial charge in [-0.05, 0) is 18.4 Å². The van der Waals surface area contributed by atoms with Crippen molar-refractivity contribution in [3.63, 3.8) is 0 Å². The lowest BCUT2D eigenvalue weighted by atomic mass is 10.1. The Bertz CT molecular complexity index is 479. The third kappa shape index (κ3) is 4.03. The van der Waals surface area contributed by atoms with Gasteiger partial charge in [0.15, 0.2) is 0 Å². The molecule has 0 aliphatic carbocycles. The van der Waals surface area contributed by atoms with Gasteiger partial charge in [-0.2, -0.15) is 0 Å². The average molecular weight is 282 g/mol. The van der Waals surface area contributed by atoms with Gasteiger partial charge in [0.2, 0.25) is 10.0 Å². The van der Waals surface area contributed by atoms with E-state index in [4.69, 9.17) is 5.73 Å². The molecule has 1 aromatic carbocycles. The monoisotopic (exact) mass is 282 g/mol. The molecule has 0 radical (unpaired) electrons. The highest BCUT2D eigenvalue weighted by atomic mass is 32.2. The van der Waals surface area contributed by atoms with Gasteiger partial charge < -0.3 is 5.73 Å². The third-order valence-corrected chi connectivity index (χ3v) is 5.51. The second kappa shape index (κ2) is 6.50. The maximum atomic E-state index is 12.4. The predicted molar refractivity (Wildman–Crippen MR) is 77.2 cm³/mol. The fraction of sp³-hybridized carbons (Fsp3) is 0.571. The predicted octanol–water partition coefficient (Wildman–Crippen LogP) is 1.89. The van der Waals surface area contributed by atoms with E-state index >= 15 is 0 Å². The van der Waals surface area contributed by atoms with Crippen molar-refractivity contribution in [2.45, 2.75) is 31.7 Å². The average Bonchev–Trinajstić information content (AvgIpc) is 2.68. The summed E-state index contributed by atoms with van der Waals surface area (Å²) in [5.74, 6) is -0.00296. The molecule has 0 amide bonds. The van der Waals surface area contributed by atoms with Crippen LogP contribution in [0.1, 0.15) is 37.3 Å². The molecule has 0 aromatic heterocycles. The topological polar surface area (TPSA) is 63.4 Å². The quantitative estimate of drug-likeness (QED) is 0.917. The van der Waals surface area contributed by atoms with Gasteiger partial charge in [0.1, 0.15) is 0 Å². The summed E-state index contributed by atoms with van der Waals surface area (Å²) in [6.45, 7) is 1.29. The minimum absolute atomic E-state index is 0.00296. The van der Waals surface area contributed by atoms with Crippen LogP contribution in [0.3, 0.4) is 0 Å². The van der Waals surface area contributed by atoms with Gasteiger partial charge in [-0.25, -0.2) is 12.7 Å². The highest BCUT2D eigenvalue weighted by Gasteiger charge is 2.25. The van der Waals surface area contributed by atoms with Crippen LogP contribution in [-0.2, 0) is 10.0 Å². The van der Waals surface area contributed by atoms with E-state index in [1.807, 2.05) is 30.3 Å². The fourth-order valence-corrected chi connectivity index (χ4v) is 4.12. The van der Waals surface area contributed by atoms with Crippen LogP contribution in [-0.4, -0.2) is 31.6 Å². The standard InChI is InChI=1S/C14H22N2O2S/c15-14(13-8-4-3-5-9-13)12-19(17,18)16-10-6-1-2-7-11-16/h3-5,8-9,14H,1-2,6-7,10-12,15H2. The summed E-state index contributed by atoms with van der Waals surface area (Å²) >= 11 is 0. The SMILES string of the molecule is NC(CS(=O)(=O)N1CCCCCC1)c1ccccc1. The van der Waals surface area contributed by atoms with Gasteiger partial charge >= 0.3 is 0 Å². The van der Waals surface area contributed by atoms with Crippen LogP contribution < -0.4 is 5.73 Å². The molecule has 2 rings (SSSR count). The zero-order valence-corrected chi connectivity index (χ0v) is 12.0. The van der Waals surface area contributed by atoms with E-state index in [2.05, 4.69) is 0 Å². The van der Waals surface area contributed by atoms with Gasteiger partial charge in [0, 0.05) is 19.1 Å². The van der Waals surface area contributed by atoms with Crippen molar-refractivity contribution >= 4 is 10.0 Å². The van der Waals surface area contributed by atoms with Crippen LogP contribution in [0, 0.1) is 0 Å². The van der Waals surface area contributed by atoms with Gasteiger partial charge in [-0.1, -0.05) is 43.2 Å². The molecule has 2 N–H and O–H groups in total. The molecule has 1 aliphatic rings. The molecule has 1 unspecified atom stereocenters. The zero-order chi connectivity index (χ0) is 13.7. The van der Waals surface area contributed by atoms with Crippen LogP contribution in [0.5, 0.6) is 0 Å². The first-order chi connectivity index (χ1) is 9.09. The first-order valence-electron chi connectivity index (χ1n) is 6.88. The van der Waals surface area contributed by atoms with E-state index in [1.54, 1.807) is 4.31 Å². The summed E-state index contributed by atoms with van der Waals surface area (Å²) < 4.78 is 26.3. The normalized spacial score (nSPS) is 19.8. The van der Waals surface area contributed by atoms with Crippen molar-refractivity contribution < 1.29 is 8.42 Å². The van der Waals surface area contributed by atoms with Crippen molar-refractivity contribution in [3.05, 3.63) is 35.9 Å². The molecular weight excluding hydrogens is 260 g/mol. The Morgan fingerprint density at radius 3 is 2.21 bits per heavy atom. The molecule has 19 heavy (non-hydrogen) atoms. The number of hydrogen-bond donors (Lipinski definition) is 1. The fourth-order valence-electron chi connectivity index (χ4n) is 2.45. The maximum absolute atomic E-state index is 12.4. The van der Waals surface area contributed by atoms with Crippen molar-refractivity contribution in [1.82, 2.24) is 4.31 Å². The van der Waals surface area contributed by atoms with Crippen LogP contribution in [0.2, 0.25) is 0 Å². The van der Waals surface area contributed by atoms with Gasteiger partial charge in [0.25, 0.3) is 0 Å². The molecule has 1 fully saturated rings. The molecule has 1 aliphatic heterocycles. The number of nitrogens with zero attached hydrogens (tertiary/aromatic N) is 1. The maximum Gasteiger partial charge on any atom is 0.215 e. The lowest BCUT2D eigenvalue weighted by Gasteiger charge is -2.22. The van der Waals surface area contributed by atoms with Crippen molar-refractivity contribution in [1.29, 1.82) is 0 Å². The minimum atomic E-state index is -3.25.